The number of aliphatic imine (C=N–C) groups is 1. The molecule has 0 aromatic heterocycles. The molecule has 1 aliphatic heterocycles. The molecule has 1 aromatic carbocycles. The first-order chi connectivity index (χ1) is 11.2. The molecule has 0 unspecified atom stereocenters. The van der Waals surface area contributed by atoms with Gasteiger partial charge in [0.2, 0.25) is 0 Å². The van der Waals surface area contributed by atoms with Crippen molar-refractivity contribution in [3.63, 3.8) is 0 Å². The van der Waals surface area contributed by atoms with Crippen molar-refractivity contribution in [2.45, 2.75) is 25.7 Å². The third-order valence-electron chi connectivity index (χ3n) is 4.55. The van der Waals surface area contributed by atoms with Crippen LogP contribution in [0.5, 0.6) is 0 Å². The van der Waals surface area contributed by atoms with Crippen molar-refractivity contribution in [3.05, 3.63) is 34.9 Å². The molecular formula is C18H29ClN4. The van der Waals surface area contributed by atoms with Gasteiger partial charge in [0, 0.05) is 25.2 Å². The summed E-state index contributed by atoms with van der Waals surface area (Å²) in [5.41, 5.74) is 1.17. The number of guanidine groups is 1. The van der Waals surface area contributed by atoms with E-state index in [0.29, 0.717) is 0 Å². The summed E-state index contributed by atoms with van der Waals surface area (Å²) < 4.78 is 0. The first kappa shape index (κ1) is 18.1. The van der Waals surface area contributed by atoms with E-state index in [0.717, 1.165) is 36.4 Å². The summed E-state index contributed by atoms with van der Waals surface area (Å²) in [5.74, 6) is 1.73. The number of hydrogen-bond acceptors (Lipinski definition) is 2. The van der Waals surface area contributed by atoms with Crippen molar-refractivity contribution in [2.75, 3.05) is 40.3 Å². The van der Waals surface area contributed by atoms with Gasteiger partial charge in [0.05, 0.1) is 0 Å². The number of nitrogens with zero attached hydrogens (tertiary/aromatic N) is 2. The normalized spacial score (nSPS) is 17.3. The van der Waals surface area contributed by atoms with Gasteiger partial charge in [-0.25, -0.2) is 0 Å². The van der Waals surface area contributed by atoms with Crippen LogP contribution in [0.3, 0.4) is 0 Å². The van der Waals surface area contributed by atoms with Gasteiger partial charge in [-0.3, -0.25) is 4.99 Å². The highest BCUT2D eigenvalue weighted by Gasteiger charge is 2.16. The minimum atomic E-state index is 0.831. The fraction of sp³-hybridized carbons (Fsp3) is 0.611. The molecule has 1 heterocycles. The van der Waals surface area contributed by atoms with E-state index < -0.39 is 0 Å². The zero-order valence-electron chi connectivity index (χ0n) is 14.3. The van der Waals surface area contributed by atoms with E-state index in [4.69, 9.17) is 11.6 Å². The van der Waals surface area contributed by atoms with Crippen LogP contribution in [0.2, 0.25) is 5.02 Å². The number of hydrogen-bond donors (Lipinski definition) is 2. The summed E-state index contributed by atoms with van der Waals surface area (Å²) in [5, 5.41) is 7.62. The Balaban J connectivity index is 1.63. The molecule has 4 nitrogen and oxygen atoms in total. The maximum atomic E-state index is 6.18. The largest absolute Gasteiger partial charge is 0.356 e. The zero-order chi connectivity index (χ0) is 16.5. The van der Waals surface area contributed by atoms with Crippen molar-refractivity contribution in [1.29, 1.82) is 0 Å². The van der Waals surface area contributed by atoms with Gasteiger partial charge < -0.3 is 15.5 Å². The molecule has 128 valence electrons. The Labute approximate surface area is 145 Å². The Kier molecular flexibility index (Phi) is 7.69. The van der Waals surface area contributed by atoms with Crippen molar-refractivity contribution in [1.82, 2.24) is 15.5 Å². The molecule has 0 bridgehead atoms. The maximum absolute atomic E-state index is 6.18. The highest BCUT2D eigenvalue weighted by Crippen LogP contribution is 2.18. The van der Waals surface area contributed by atoms with E-state index >= 15 is 0 Å². The van der Waals surface area contributed by atoms with E-state index in [2.05, 4.69) is 33.6 Å². The van der Waals surface area contributed by atoms with E-state index in [9.17, 15) is 0 Å². The molecule has 23 heavy (non-hydrogen) atoms. The number of rotatable bonds is 6. The number of benzene rings is 1. The molecule has 0 aliphatic carbocycles. The smallest absolute Gasteiger partial charge is 0.190 e. The molecule has 0 amide bonds. The minimum Gasteiger partial charge on any atom is -0.356 e. The molecular weight excluding hydrogens is 308 g/mol. The third-order valence-corrected chi connectivity index (χ3v) is 4.92. The molecule has 1 aliphatic rings. The van der Waals surface area contributed by atoms with Crippen LogP contribution >= 0.6 is 11.6 Å². The summed E-state index contributed by atoms with van der Waals surface area (Å²) >= 11 is 6.18. The molecule has 1 saturated heterocycles. The first-order valence-electron chi connectivity index (χ1n) is 8.55. The summed E-state index contributed by atoms with van der Waals surface area (Å²) in [6, 6.07) is 7.99. The number of piperidine rings is 1. The van der Waals surface area contributed by atoms with Crippen LogP contribution < -0.4 is 10.6 Å². The average Bonchev–Trinajstić information content (AvgIpc) is 2.57. The Morgan fingerprint density at radius 1 is 1.22 bits per heavy atom. The standard InChI is InChI=1S/C18H29ClN4/c1-20-18(21-11-7-15-9-13-23(2)14-10-15)22-12-8-16-5-3-4-6-17(16)19/h3-6,15H,7-14H2,1-2H3,(H2,20,21,22). The molecule has 1 aromatic rings. The minimum absolute atomic E-state index is 0.831. The van der Waals surface area contributed by atoms with Gasteiger partial charge in [0.1, 0.15) is 0 Å². The Hall–Kier alpha value is -1.26. The van der Waals surface area contributed by atoms with Crippen LogP contribution in [0.1, 0.15) is 24.8 Å². The lowest BCUT2D eigenvalue weighted by Crippen LogP contribution is -2.39. The fourth-order valence-electron chi connectivity index (χ4n) is 2.98. The SMILES string of the molecule is CN=C(NCCc1ccccc1Cl)NCCC1CCN(C)CC1. The van der Waals surface area contributed by atoms with Crippen molar-refractivity contribution >= 4 is 17.6 Å². The van der Waals surface area contributed by atoms with Crippen LogP contribution in [0.15, 0.2) is 29.3 Å². The summed E-state index contributed by atoms with van der Waals surface area (Å²) in [4.78, 5) is 6.71. The topological polar surface area (TPSA) is 39.7 Å². The lowest BCUT2D eigenvalue weighted by Gasteiger charge is -2.29. The van der Waals surface area contributed by atoms with E-state index in [1.165, 1.54) is 37.9 Å². The predicted molar refractivity (Wildman–Crippen MR) is 99.4 cm³/mol. The maximum Gasteiger partial charge on any atom is 0.190 e. The van der Waals surface area contributed by atoms with Crippen molar-refractivity contribution < 1.29 is 0 Å². The van der Waals surface area contributed by atoms with Crippen LogP contribution in [0, 0.1) is 5.92 Å². The second-order valence-electron chi connectivity index (χ2n) is 6.30. The second-order valence-corrected chi connectivity index (χ2v) is 6.71. The lowest BCUT2D eigenvalue weighted by atomic mass is 9.94. The number of halogens is 1. The highest BCUT2D eigenvalue weighted by atomic mass is 35.5. The fourth-order valence-corrected chi connectivity index (χ4v) is 3.21. The monoisotopic (exact) mass is 336 g/mol. The van der Waals surface area contributed by atoms with E-state index in [1.54, 1.807) is 0 Å². The van der Waals surface area contributed by atoms with Crippen LogP contribution in [0.25, 0.3) is 0 Å². The molecule has 2 rings (SSSR count). The Morgan fingerprint density at radius 2 is 1.91 bits per heavy atom. The molecule has 2 N–H and O–H groups in total. The molecule has 5 heteroatoms. The highest BCUT2D eigenvalue weighted by molar-refractivity contribution is 6.31. The van der Waals surface area contributed by atoms with Crippen LogP contribution in [0.4, 0.5) is 0 Å². The number of nitrogens with one attached hydrogen (secondary N) is 2. The average molecular weight is 337 g/mol. The van der Waals surface area contributed by atoms with Gasteiger partial charge in [-0.05, 0) is 63.4 Å². The second kappa shape index (κ2) is 9.78. The summed E-state index contributed by atoms with van der Waals surface area (Å²) in [6.45, 7) is 4.28. The molecule has 0 radical (unpaired) electrons. The zero-order valence-corrected chi connectivity index (χ0v) is 15.1. The van der Waals surface area contributed by atoms with Crippen LogP contribution in [-0.2, 0) is 6.42 Å². The van der Waals surface area contributed by atoms with E-state index in [-0.39, 0.29) is 0 Å². The van der Waals surface area contributed by atoms with Gasteiger partial charge in [0.15, 0.2) is 5.96 Å². The van der Waals surface area contributed by atoms with Crippen molar-refractivity contribution in [3.8, 4) is 0 Å². The Bertz CT molecular complexity index is 496. The molecule has 0 spiro atoms. The molecule has 0 saturated carbocycles. The first-order valence-corrected chi connectivity index (χ1v) is 8.93. The quantitative estimate of drug-likeness (QED) is 0.620. The molecule has 0 atom stereocenters. The predicted octanol–water partition coefficient (Wildman–Crippen LogP) is 2.78. The number of likely N-dealkylation sites (tertiary alicyclic amines) is 1. The summed E-state index contributed by atoms with van der Waals surface area (Å²) in [7, 11) is 4.03. The van der Waals surface area contributed by atoms with Gasteiger partial charge in [-0.1, -0.05) is 29.8 Å². The van der Waals surface area contributed by atoms with Gasteiger partial charge in [0.25, 0.3) is 0 Å². The van der Waals surface area contributed by atoms with E-state index in [1.807, 2.05) is 25.2 Å². The van der Waals surface area contributed by atoms with Gasteiger partial charge >= 0.3 is 0 Å². The van der Waals surface area contributed by atoms with Gasteiger partial charge in [-0.2, -0.15) is 0 Å². The Morgan fingerprint density at radius 3 is 2.61 bits per heavy atom. The summed E-state index contributed by atoms with van der Waals surface area (Å²) in [6.07, 6.45) is 4.75. The van der Waals surface area contributed by atoms with Crippen LogP contribution in [-0.4, -0.2) is 51.1 Å². The molecule has 1 fully saturated rings. The van der Waals surface area contributed by atoms with Gasteiger partial charge in [-0.15, -0.1) is 0 Å². The van der Waals surface area contributed by atoms with Crippen molar-refractivity contribution in [2.24, 2.45) is 10.9 Å². The third kappa shape index (κ3) is 6.40. The lowest BCUT2D eigenvalue weighted by molar-refractivity contribution is 0.213.